The van der Waals surface area contributed by atoms with Crippen molar-refractivity contribution in [1.29, 1.82) is 0 Å². The van der Waals surface area contributed by atoms with E-state index in [1.54, 1.807) is 15.8 Å². The second kappa shape index (κ2) is 9.51. The van der Waals surface area contributed by atoms with Gasteiger partial charge < -0.3 is 19.7 Å². The Balaban J connectivity index is 1.41. The zero-order valence-electron chi connectivity index (χ0n) is 17.0. The van der Waals surface area contributed by atoms with Gasteiger partial charge in [-0.1, -0.05) is 22.9 Å². The van der Waals surface area contributed by atoms with Gasteiger partial charge in [0.05, 0.1) is 24.9 Å². The highest BCUT2D eigenvalue weighted by molar-refractivity contribution is 5.92. The number of benzene rings is 1. The van der Waals surface area contributed by atoms with Gasteiger partial charge in [-0.25, -0.2) is 4.68 Å². The van der Waals surface area contributed by atoms with Crippen LogP contribution in [0.25, 0.3) is 0 Å². The van der Waals surface area contributed by atoms with E-state index in [1.807, 2.05) is 45.0 Å². The molecule has 0 saturated carbocycles. The molecular formula is C20H27N5O4. The highest BCUT2D eigenvalue weighted by Crippen LogP contribution is 2.13. The number of nitrogens with one attached hydrogen (secondary N) is 1. The predicted molar refractivity (Wildman–Crippen MR) is 106 cm³/mol. The average Bonchev–Trinajstić information content (AvgIpc) is 3.15. The van der Waals surface area contributed by atoms with Crippen molar-refractivity contribution >= 4 is 11.8 Å². The molecule has 156 valence electrons. The number of hydrogen-bond donors (Lipinski definition) is 1. The lowest BCUT2D eigenvalue weighted by atomic mass is 10.2. The van der Waals surface area contributed by atoms with Crippen LogP contribution in [0.4, 0.5) is 0 Å². The Morgan fingerprint density at radius 3 is 2.59 bits per heavy atom. The fraction of sp³-hybridized carbons (Fsp3) is 0.500. The maximum absolute atomic E-state index is 12.6. The highest BCUT2D eigenvalue weighted by Gasteiger charge is 2.28. The molecule has 0 radical (unpaired) electrons. The number of hydrogen-bond acceptors (Lipinski definition) is 6. The number of rotatable bonds is 7. The van der Waals surface area contributed by atoms with Gasteiger partial charge in [0.1, 0.15) is 5.75 Å². The molecule has 3 rings (SSSR count). The van der Waals surface area contributed by atoms with E-state index in [9.17, 15) is 9.59 Å². The molecular weight excluding hydrogens is 374 g/mol. The zero-order valence-corrected chi connectivity index (χ0v) is 17.0. The van der Waals surface area contributed by atoms with Gasteiger partial charge in [0.15, 0.2) is 12.3 Å². The van der Waals surface area contributed by atoms with Crippen molar-refractivity contribution in [2.24, 2.45) is 0 Å². The Labute approximate surface area is 170 Å². The van der Waals surface area contributed by atoms with Crippen molar-refractivity contribution in [3.8, 4) is 5.75 Å². The quantitative estimate of drug-likeness (QED) is 0.744. The lowest BCUT2D eigenvalue weighted by molar-refractivity contribution is -0.123. The van der Waals surface area contributed by atoms with Crippen molar-refractivity contribution < 1.29 is 19.1 Å². The monoisotopic (exact) mass is 401 g/mol. The molecule has 2 atom stereocenters. The van der Waals surface area contributed by atoms with Crippen molar-refractivity contribution in [3.05, 3.63) is 41.7 Å². The second-order valence-corrected chi connectivity index (χ2v) is 7.29. The fourth-order valence-electron chi connectivity index (χ4n) is 3.16. The lowest BCUT2D eigenvalue weighted by Gasteiger charge is -2.34. The maximum Gasteiger partial charge on any atom is 0.276 e. The molecule has 1 fully saturated rings. The molecule has 1 aliphatic rings. The third-order valence-corrected chi connectivity index (χ3v) is 4.52. The topological polar surface area (TPSA) is 98.6 Å². The van der Waals surface area contributed by atoms with Gasteiger partial charge in [-0.15, -0.1) is 5.10 Å². The summed E-state index contributed by atoms with van der Waals surface area (Å²) in [7, 11) is 0. The highest BCUT2D eigenvalue weighted by atomic mass is 16.5. The summed E-state index contributed by atoms with van der Waals surface area (Å²) >= 11 is 0. The number of nitrogens with zero attached hydrogens (tertiary/aromatic N) is 4. The number of aromatic nitrogens is 3. The molecule has 29 heavy (non-hydrogen) atoms. The second-order valence-electron chi connectivity index (χ2n) is 7.29. The van der Waals surface area contributed by atoms with E-state index in [0.717, 1.165) is 5.56 Å². The van der Waals surface area contributed by atoms with Gasteiger partial charge in [0.2, 0.25) is 0 Å². The summed E-state index contributed by atoms with van der Waals surface area (Å²) in [6.07, 6.45) is 1.59. The van der Waals surface area contributed by atoms with E-state index in [1.165, 1.54) is 0 Å². The van der Waals surface area contributed by atoms with E-state index in [4.69, 9.17) is 9.47 Å². The first-order valence-corrected chi connectivity index (χ1v) is 9.71. The third-order valence-electron chi connectivity index (χ3n) is 4.52. The van der Waals surface area contributed by atoms with E-state index < -0.39 is 0 Å². The number of carbonyl (C=O) groups is 2. The Morgan fingerprint density at radius 1 is 1.21 bits per heavy atom. The minimum absolute atomic E-state index is 0.00455. The van der Waals surface area contributed by atoms with Gasteiger partial charge in [-0.2, -0.15) is 0 Å². The van der Waals surface area contributed by atoms with Crippen molar-refractivity contribution in [2.75, 3.05) is 26.2 Å². The Morgan fingerprint density at radius 2 is 1.90 bits per heavy atom. The normalized spacial score (nSPS) is 19.1. The summed E-state index contributed by atoms with van der Waals surface area (Å²) in [5.41, 5.74) is 1.42. The fourth-order valence-corrected chi connectivity index (χ4v) is 3.16. The maximum atomic E-state index is 12.6. The van der Waals surface area contributed by atoms with Crippen molar-refractivity contribution in [2.45, 2.75) is 39.5 Å². The molecule has 2 heterocycles. The van der Waals surface area contributed by atoms with Crippen LogP contribution in [0.5, 0.6) is 5.75 Å². The van der Waals surface area contributed by atoms with Crippen LogP contribution in [0.3, 0.4) is 0 Å². The minimum atomic E-state index is -0.224. The summed E-state index contributed by atoms with van der Waals surface area (Å²) in [5, 5.41) is 10.7. The third kappa shape index (κ3) is 6.02. The van der Waals surface area contributed by atoms with E-state index in [-0.39, 0.29) is 30.6 Å². The molecule has 2 amide bonds. The van der Waals surface area contributed by atoms with Crippen LogP contribution in [0, 0.1) is 6.92 Å². The zero-order chi connectivity index (χ0) is 20.8. The first-order valence-electron chi connectivity index (χ1n) is 9.71. The molecule has 9 nitrogen and oxygen atoms in total. The molecule has 9 heteroatoms. The largest absolute Gasteiger partial charge is 0.484 e. The van der Waals surface area contributed by atoms with Crippen LogP contribution < -0.4 is 10.1 Å². The summed E-state index contributed by atoms with van der Waals surface area (Å²) in [4.78, 5) is 26.2. The Kier molecular flexibility index (Phi) is 6.82. The number of aryl methyl sites for hydroxylation is 1. The molecule has 0 spiro atoms. The summed E-state index contributed by atoms with van der Waals surface area (Å²) in [6.45, 7) is 7.65. The predicted octanol–water partition coefficient (Wildman–Crippen LogP) is 1.03. The smallest absolute Gasteiger partial charge is 0.276 e. The standard InChI is InChI=1S/C20H27N5O4/c1-14-4-6-17(7-5-14)28-13-19(26)21-8-9-25-12-18(22-23-25)20(27)24-10-15(2)29-16(3)11-24/h4-7,12,15-16H,8-11,13H2,1-3H3,(H,21,26)/t15-,16+. The van der Waals surface area contributed by atoms with Gasteiger partial charge >= 0.3 is 0 Å². The number of morpholine rings is 1. The van der Waals surface area contributed by atoms with Crippen LogP contribution in [-0.2, 0) is 16.1 Å². The summed E-state index contributed by atoms with van der Waals surface area (Å²) in [5.74, 6) is 0.268. The average molecular weight is 401 g/mol. The molecule has 1 aliphatic heterocycles. The van der Waals surface area contributed by atoms with E-state index in [0.29, 0.717) is 37.6 Å². The SMILES string of the molecule is Cc1ccc(OCC(=O)NCCn2cc(C(=O)N3C[C@@H](C)O[C@@H](C)C3)nn2)cc1. The Hall–Kier alpha value is -2.94. The van der Waals surface area contributed by atoms with Crippen LogP contribution in [0.1, 0.15) is 29.9 Å². The molecule has 0 bridgehead atoms. The first-order chi connectivity index (χ1) is 13.9. The molecule has 0 aliphatic carbocycles. The number of amides is 2. The molecule has 2 aromatic rings. The molecule has 1 N–H and O–H groups in total. The molecule has 1 aromatic heterocycles. The summed E-state index contributed by atoms with van der Waals surface area (Å²) < 4.78 is 12.6. The molecule has 1 saturated heterocycles. The molecule has 0 unspecified atom stereocenters. The van der Waals surface area contributed by atoms with Gasteiger partial charge in [-0.3, -0.25) is 9.59 Å². The van der Waals surface area contributed by atoms with Gasteiger partial charge in [0.25, 0.3) is 11.8 Å². The minimum Gasteiger partial charge on any atom is -0.484 e. The van der Waals surface area contributed by atoms with Crippen LogP contribution >= 0.6 is 0 Å². The van der Waals surface area contributed by atoms with E-state index in [2.05, 4.69) is 15.6 Å². The number of ether oxygens (including phenoxy) is 2. The number of carbonyl (C=O) groups excluding carboxylic acids is 2. The van der Waals surface area contributed by atoms with Crippen molar-refractivity contribution in [3.63, 3.8) is 0 Å². The van der Waals surface area contributed by atoms with Crippen LogP contribution in [0.2, 0.25) is 0 Å². The lowest BCUT2D eigenvalue weighted by Crippen LogP contribution is -2.48. The Bertz CT molecular complexity index is 826. The molecule has 1 aromatic carbocycles. The van der Waals surface area contributed by atoms with Gasteiger partial charge in [0, 0.05) is 19.6 Å². The first kappa shape index (κ1) is 20.8. The van der Waals surface area contributed by atoms with Gasteiger partial charge in [-0.05, 0) is 32.9 Å². The summed E-state index contributed by atoms with van der Waals surface area (Å²) in [6, 6.07) is 7.50. The van der Waals surface area contributed by atoms with Crippen molar-refractivity contribution in [1.82, 2.24) is 25.2 Å². The van der Waals surface area contributed by atoms with Crippen LogP contribution in [-0.4, -0.2) is 70.2 Å². The van der Waals surface area contributed by atoms with Crippen LogP contribution in [0.15, 0.2) is 30.5 Å². The van der Waals surface area contributed by atoms with E-state index >= 15 is 0 Å².